The summed E-state index contributed by atoms with van der Waals surface area (Å²) in [6.07, 6.45) is 4.17. The van der Waals surface area contributed by atoms with Crippen molar-refractivity contribution in [2.75, 3.05) is 13.2 Å². The summed E-state index contributed by atoms with van der Waals surface area (Å²) in [7, 11) is 0. The fraction of sp³-hybridized carbons (Fsp3) is 0.714. The number of rotatable bonds is 5. The smallest absolute Gasteiger partial charge is 0.208 e. The summed E-state index contributed by atoms with van der Waals surface area (Å²) in [5.41, 5.74) is 2.23. The summed E-state index contributed by atoms with van der Waals surface area (Å²) in [6.45, 7) is 6.54. The molecule has 4 heteroatoms. The number of fused-ring (bicyclic) bond motifs is 1. The molecule has 0 bridgehead atoms. The Morgan fingerprint density at radius 3 is 3.00 bits per heavy atom. The maximum absolute atomic E-state index is 9.42. The van der Waals surface area contributed by atoms with Crippen molar-refractivity contribution in [1.82, 2.24) is 0 Å². The van der Waals surface area contributed by atoms with Crippen LogP contribution in [0.1, 0.15) is 27.2 Å². The molecule has 0 aromatic rings. The average molecular weight is 254 g/mol. The minimum absolute atomic E-state index is 0.0701. The molecule has 4 nitrogen and oxygen atoms in total. The van der Waals surface area contributed by atoms with Crippen LogP contribution in [-0.2, 0) is 14.2 Å². The first kappa shape index (κ1) is 13.6. The van der Waals surface area contributed by atoms with Gasteiger partial charge in [0.1, 0.15) is 0 Å². The molecule has 0 saturated heterocycles. The highest BCUT2D eigenvalue weighted by Gasteiger charge is 2.41. The lowest BCUT2D eigenvalue weighted by Gasteiger charge is -2.35. The molecule has 0 spiro atoms. The number of hydrogen-bond acceptors (Lipinski definition) is 4. The maximum atomic E-state index is 9.42. The van der Waals surface area contributed by atoms with Crippen LogP contribution < -0.4 is 0 Å². The van der Waals surface area contributed by atoms with Gasteiger partial charge < -0.3 is 19.3 Å². The number of aliphatic hydroxyl groups is 1. The molecule has 0 radical (unpaired) electrons. The van der Waals surface area contributed by atoms with Crippen LogP contribution in [0, 0.1) is 11.8 Å². The molecule has 1 aliphatic carbocycles. The summed E-state index contributed by atoms with van der Waals surface area (Å²) in [5.74, 6) is 0.502. The number of hydrogen-bond donors (Lipinski definition) is 1. The zero-order chi connectivity index (χ0) is 13.1. The molecule has 2 aliphatic rings. The fourth-order valence-corrected chi connectivity index (χ4v) is 2.75. The Kier molecular flexibility index (Phi) is 4.43. The second-order valence-electron chi connectivity index (χ2n) is 4.83. The van der Waals surface area contributed by atoms with Gasteiger partial charge in [-0.2, -0.15) is 0 Å². The molecule has 18 heavy (non-hydrogen) atoms. The highest BCUT2D eigenvalue weighted by atomic mass is 16.8. The Bertz CT molecular complexity index is 348. The highest BCUT2D eigenvalue weighted by Crippen LogP contribution is 2.43. The largest absolute Gasteiger partial charge is 0.472 e. The molecular weight excluding hydrogens is 232 g/mol. The van der Waals surface area contributed by atoms with Crippen molar-refractivity contribution < 1.29 is 19.3 Å². The van der Waals surface area contributed by atoms with Crippen molar-refractivity contribution in [2.24, 2.45) is 11.8 Å². The van der Waals surface area contributed by atoms with Crippen molar-refractivity contribution in [2.45, 2.75) is 39.8 Å². The van der Waals surface area contributed by atoms with Crippen molar-refractivity contribution in [3.05, 3.63) is 23.5 Å². The van der Waals surface area contributed by atoms with E-state index in [0.717, 1.165) is 12.0 Å². The van der Waals surface area contributed by atoms with Crippen molar-refractivity contribution >= 4 is 0 Å². The lowest BCUT2D eigenvalue weighted by molar-refractivity contribution is -0.242. The summed E-state index contributed by atoms with van der Waals surface area (Å²) < 4.78 is 16.8. The van der Waals surface area contributed by atoms with Crippen molar-refractivity contribution in [3.63, 3.8) is 0 Å². The third-order valence-corrected chi connectivity index (χ3v) is 3.67. The van der Waals surface area contributed by atoms with Gasteiger partial charge in [0.2, 0.25) is 6.29 Å². The quantitative estimate of drug-likeness (QED) is 0.603. The van der Waals surface area contributed by atoms with E-state index in [2.05, 4.69) is 13.0 Å². The predicted octanol–water partition coefficient (Wildman–Crippen LogP) is 2.20. The molecule has 102 valence electrons. The summed E-state index contributed by atoms with van der Waals surface area (Å²) in [4.78, 5) is 0. The first-order valence-electron chi connectivity index (χ1n) is 6.56. The van der Waals surface area contributed by atoms with Gasteiger partial charge in [0.05, 0.1) is 18.8 Å². The van der Waals surface area contributed by atoms with E-state index in [1.165, 1.54) is 5.57 Å². The Hall–Kier alpha value is -0.840. The van der Waals surface area contributed by atoms with E-state index < -0.39 is 0 Å². The normalized spacial score (nSPS) is 32.3. The monoisotopic (exact) mass is 254 g/mol. The molecule has 2 rings (SSSR count). The van der Waals surface area contributed by atoms with Gasteiger partial charge in [-0.1, -0.05) is 6.08 Å². The second-order valence-corrected chi connectivity index (χ2v) is 4.83. The molecule has 1 aliphatic heterocycles. The van der Waals surface area contributed by atoms with Gasteiger partial charge in [-0.25, -0.2) is 0 Å². The van der Waals surface area contributed by atoms with E-state index in [1.807, 2.05) is 13.8 Å². The van der Waals surface area contributed by atoms with Crippen LogP contribution in [0.4, 0.5) is 0 Å². The zero-order valence-electron chi connectivity index (χ0n) is 11.3. The lowest BCUT2D eigenvalue weighted by atomic mass is 9.84. The van der Waals surface area contributed by atoms with Crippen LogP contribution >= 0.6 is 0 Å². The van der Waals surface area contributed by atoms with Crippen molar-refractivity contribution in [1.29, 1.82) is 0 Å². The first-order valence-corrected chi connectivity index (χ1v) is 6.56. The summed E-state index contributed by atoms with van der Waals surface area (Å²) >= 11 is 0. The van der Waals surface area contributed by atoms with E-state index in [-0.39, 0.29) is 25.1 Å². The number of ether oxygens (including phenoxy) is 3. The van der Waals surface area contributed by atoms with Gasteiger partial charge in [-0.3, -0.25) is 0 Å². The average Bonchev–Trinajstić information content (AvgIpc) is 2.78. The van der Waals surface area contributed by atoms with Crippen LogP contribution in [0.2, 0.25) is 0 Å². The maximum Gasteiger partial charge on any atom is 0.208 e. The molecule has 4 unspecified atom stereocenters. The second kappa shape index (κ2) is 5.87. The van der Waals surface area contributed by atoms with Crippen LogP contribution in [0.15, 0.2) is 23.5 Å². The zero-order valence-corrected chi connectivity index (χ0v) is 11.3. The van der Waals surface area contributed by atoms with Gasteiger partial charge in [-0.15, -0.1) is 0 Å². The third kappa shape index (κ3) is 2.60. The van der Waals surface area contributed by atoms with Gasteiger partial charge in [0.25, 0.3) is 0 Å². The number of allylic oxidation sites excluding steroid dienone is 2. The molecule has 0 amide bonds. The molecule has 0 aromatic carbocycles. The van der Waals surface area contributed by atoms with Gasteiger partial charge in [-0.05, 0) is 44.3 Å². The molecule has 4 atom stereocenters. The van der Waals surface area contributed by atoms with Crippen LogP contribution in [-0.4, -0.2) is 30.9 Å². The Balaban J connectivity index is 2.08. The Morgan fingerprint density at radius 2 is 2.33 bits per heavy atom. The van der Waals surface area contributed by atoms with Crippen LogP contribution in [0.5, 0.6) is 0 Å². The highest BCUT2D eigenvalue weighted by molar-refractivity contribution is 5.25. The molecule has 0 aromatic heterocycles. The SMILES string of the molecule is CCOC(C)OC1OC=C(C)C2CC=C(CO)C12. The molecule has 1 N–H and O–H groups in total. The standard InChI is InChI=1S/C14H22O4/c1-4-16-10(3)18-14-13-11(7-15)5-6-12(13)9(2)8-17-14/h5,8,10,12-15H,4,6-7H2,1-3H3. The fourth-order valence-electron chi connectivity index (χ4n) is 2.75. The third-order valence-electron chi connectivity index (χ3n) is 3.67. The van der Waals surface area contributed by atoms with E-state index in [0.29, 0.717) is 12.5 Å². The minimum atomic E-state index is -0.360. The van der Waals surface area contributed by atoms with E-state index in [4.69, 9.17) is 14.2 Å². The minimum Gasteiger partial charge on any atom is -0.472 e. The van der Waals surface area contributed by atoms with E-state index in [1.54, 1.807) is 6.26 Å². The Morgan fingerprint density at radius 1 is 1.56 bits per heavy atom. The molecule has 0 saturated carbocycles. The first-order chi connectivity index (χ1) is 8.67. The van der Waals surface area contributed by atoms with Gasteiger partial charge in [0.15, 0.2) is 6.29 Å². The molecule has 0 fully saturated rings. The summed E-state index contributed by atoms with van der Waals surface area (Å²) in [5, 5.41) is 9.42. The summed E-state index contributed by atoms with van der Waals surface area (Å²) in [6, 6.07) is 0. The van der Waals surface area contributed by atoms with Crippen LogP contribution in [0.3, 0.4) is 0 Å². The number of aliphatic hydroxyl groups excluding tert-OH is 1. The lowest BCUT2D eigenvalue weighted by Crippen LogP contribution is -2.37. The molecular formula is C14H22O4. The van der Waals surface area contributed by atoms with Gasteiger partial charge >= 0.3 is 0 Å². The van der Waals surface area contributed by atoms with Gasteiger partial charge in [0, 0.05) is 6.61 Å². The van der Waals surface area contributed by atoms with E-state index in [9.17, 15) is 5.11 Å². The predicted molar refractivity (Wildman–Crippen MR) is 67.6 cm³/mol. The molecule has 1 heterocycles. The van der Waals surface area contributed by atoms with E-state index >= 15 is 0 Å². The topological polar surface area (TPSA) is 47.9 Å². The van der Waals surface area contributed by atoms with Crippen molar-refractivity contribution in [3.8, 4) is 0 Å². The van der Waals surface area contributed by atoms with Crippen LogP contribution in [0.25, 0.3) is 0 Å². The Labute approximate surface area is 108 Å².